The number of hydrogen-bond acceptors (Lipinski definition) is 4. The van der Waals surface area contributed by atoms with E-state index >= 15 is 0 Å². The standard InChI is InChI=1S/C12H16N4O2S/c1-9(13)10-4-3-5-11(8-10)19(17,18)15-12-6-7-16(2)14-12/h3-9H,13H2,1-2H3,(H,14,15). The highest BCUT2D eigenvalue weighted by molar-refractivity contribution is 7.92. The number of sulfonamides is 1. The van der Waals surface area contributed by atoms with Crippen LogP contribution < -0.4 is 10.5 Å². The van der Waals surface area contributed by atoms with Crippen LogP contribution in [-0.2, 0) is 17.1 Å². The molecule has 7 heteroatoms. The molecule has 0 aliphatic carbocycles. The summed E-state index contributed by atoms with van der Waals surface area (Å²) in [5, 5.41) is 3.98. The molecule has 0 aliphatic heterocycles. The van der Waals surface area contributed by atoms with Gasteiger partial charge in [-0.3, -0.25) is 9.40 Å². The fourth-order valence-corrected chi connectivity index (χ4v) is 2.68. The smallest absolute Gasteiger partial charge is 0.263 e. The number of aromatic nitrogens is 2. The number of anilines is 1. The second-order valence-electron chi connectivity index (χ2n) is 4.34. The lowest BCUT2D eigenvalue weighted by Crippen LogP contribution is -2.14. The molecule has 102 valence electrons. The Morgan fingerprint density at radius 2 is 2.11 bits per heavy atom. The first-order chi connectivity index (χ1) is 8.88. The lowest BCUT2D eigenvalue weighted by molar-refractivity contribution is 0.600. The van der Waals surface area contributed by atoms with Crippen LogP contribution in [0.15, 0.2) is 41.4 Å². The Morgan fingerprint density at radius 3 is 2.68 bits per heavy atom. The molecule has 3 N–H and O–H groups in total. The molecule has 0 aliphatic rings. The third-order valence-corrected chi connectivity index (χ3v) is 4.00. The Kier molecular flexibility index (Phi) is 3.59. The van der Waals surface area contributed by atoms with E-state index in [1.807, 2.05) is 0 Å². The Bertz CT molecular complexity index is 677. The van der Waals surface area contributed by atoms with E-state index in [2.05, 4.69) is 9.82 Å². The van der Waals surface area contributed by atoms with Gasteiger partial charge in [-0.2, -0.15) is 5.10 Å². The van der Waals surface area contributed by atoms with Crippen molar-refractivity contribution in [2.75, 3.05) is 4.72 Å². The van der Waals surface area contributed by atoms with Gasteiger partial charge in [0.25, 0.3) is 10.0 Å². The van der Waals surface area contributed by atoms with Crippen molar-refractivity contribution in [1.29, 1.82) is 0 Å². The third kappa shape index (κ3) is 3.12. The summed E-state index contributed by atoms with van der Waals surface area (Å²) in [4.78, 5) is 0.174. The van der Waals surface area contributed by atoms with E-state index in [0.29, 0.717) is 0 Å². The zero-order valence-electron chi connectivity index (χ0n) is 10.7. The normalized spacial score (nSPS) is 13.2. The highest BCUT2D eigenvalue weighted by Crippen LogP contribution is 2.18. The maximum atomic E-state index is 12.2. The Balaban J connectivity index is 2.31. The molecule has 0 spiro atoms. The number of hydrogen-bond donors (Lipinski definition) is 2. The minimum Gasteiger partial charge on any atom is -0.324 e. The molecule has 0 fully saturated rings. The molecule has 6 nitrogen and oxygen atoms in total. The topological polar surface area (TPSA) is 90.0 Å². The van der Waals surface area contributed by atoms with Crippen LogP contribution in [0, 0.1) is 0 Å². The molecule has 0 bridgehead atoms. The summed E-state index contributed by atoms with van der Waals surface area (Å²) >= 11 is 0. The fourth-order valence-electron chi connectivity index (χ4n) is 1.63. The van der Waals surface area contributed by atoms with Gasteiger partial charge in [0, 0.05) is 25.4 Å². The van der Waals surface area contributed by atoms with E-state index in [4.69, 9.17) is 5.73 Å². The van der Waals surface area contributed by atoms with Gasteiger partial charge in [-0.25, -0.2) is 8.42 Å². The summed E-state index contributed by atoms with van der Waals surface area (Å²) < 4.78 is 28.3. The predicted octanol–water partition coefficient (Wildman–Crippen LogP) is 1.24. The van der Waals surface area contributed by atoms with Gasteiger partial charge in [-0.1, -0.05) is 12.1 Å². The monoisotopic (exact) mass is 280 g/mol. The maximum Gasteiger partial charge on any atom is 0.263 e. The van der Waals surface area contributed by atoms with Crippen LogP contribution in [0.4, 0.5) is 5.82 Å². The van der Waals surface area contributed by atoms with E-state index < -0.39 is 10.0 Å². The van der Waals surface area contributed by atoms with Crippen molar-refractivity contribution >= 4 is 15.8 Å². The molecular weight excluding hydrogens is 264 g/mol. The molecule has 0 saturated carbocycles. The van der Waals surface area contributed by atoms with Crippen LogP contribution in [0.3, 0.4) is 0 Å². The first-order valence-electron chi connectivity index (χ1n) is 5.76. The van der Waals surface area contributed by atoms with Crippen LogP contribution in [0.2, 0.25) is 0 Å². The largest absolute Gasteiger partial charge is 0.324 e. The summed E-state index contributed by atoms with van der Waals surface area (Å²) in [6.45, 7) is 1.80. The number of nitrogens with one attached hydrogen (secondary N) is 1. The van der Waals surface area contributed by atoms with Gasteiger partial charge in [0.15, 0.2) is 5.82 Å². The number of nitrogens with two attached hydrogens (primary N) is 1. The average Bonchev–Trinajstić information content (AvgIpc) is 2.74. The quantitative estimate of drug-likeness (QED) is 0.881. The number of aryl methyl sites for hydroxylation is 1. The first kappa shape index (κ1) is 13.6. The average molecular weight is 280 g/mol. The third-order valence-electron chi connectivity index (χ3n) is 2.65. The van der Waals surface area contributed by atoms with Crippen molar-refractivity contribution in [1.82, 2.24) is 9.78 Å². The molecule has 2 rings (SSSR count). The number of nitrogens with zero attached hydrogens (tertiary/aromatic N) is 2. The molecule has 1 aromatic heterocycles. The van der Waals surface area contributed by atoms with Crippen molar-refractivity contribution in [3.05, 3.63) is 42.1 Å². The van der Waals surface area contributed by atoms with Gasteiger partial charge >= 0.3 is 0 Å². The van der Waals surface area contributed by atoms with Gasteiger partial charge in [0.2, 0.25) is 0 Å². The molecule has 19 heavy (non-hydrogen) atoms. The molecule has 0 saturated heterocycles. The van der Waals surface area contributed by atoms with Crippen LogP contribution in [-0.4, -0.2) is 18.2 Å². The minimum absolute atomic E-state index is 0.174. The van der Waals surface area contributed by atoms with Crippen LogP contribution in [0.1, 0.15) is 18.5 Å². The number of benzene rings is 1. The Morgan fingerprint density at radius 1 is 1.37 bits per heavy atom. The second kappa shape index (κ2) is 5.02. The molecule has 1 heterocycles. The Hall–Kier alpha value is -1.86. The highest BCUT2D eigenvalue weighted by Gasteiger charge is 2.16. The summed E-state index contributed by atoms with van der Waals surface area (Å²) in [7, 11) is -1.92. The molecule has 0 radical (unpaired) electrons. The van der Waals surface area contributed by atoms with E-state index in [9.17, 15) is 8.42 Å². The molecule has 2 aromatic rings. The lowest BCUT2D eigenvalue weighted by Gasteiger charge is -2.09. The zero-order chi connectivity index (χ0) is 14.0. The SMILES string of the molecule is CC(N)c1cccc(S(=O)(=O)Nc2ccn(C)n2)c1. The summed E-state index contributed by atoms with van der Waals surface area (Å²) in [6.07, 6.45) is 1.66. The van der Waals surface area contributed by atoms with Crippen molar-refractivity contribution < 1.29 is 8.42 Å². The van der Waals surface area contributed by atoms with Crippen molar-refractivity contribution in [2.24, 2.45) is 12.8 Å². The zero-order valence-corrected chi connectivity index (χ0v) is 11.6. The van der Waals surface area contributed by atoms with Gasteiger partial charge in [0.1, 0.15) is 0 Å². The maximum absolute atomic E-state index is 12.2. The molecular formula is C12H16N4O2S. The van der Waals surface area contributed by atoms with Crippen LogP contribution >= 0.6 is 0 Å². The van der Waals surface area contributed by atoms with E-state index in [0.717, 1.165) is 5.56 Å². The summed E-state index contributed by atoms with van der Waals surface area (Å²) in [5.41, 5.74) is 6.52. The van der Waals surface area contributed by atoms with Crippen molar-refractivity contribution in [3.8, 4) is 0 Å². The number of rotatable bonds is 4. The summed E-state index contributed by atoms with van der Waals surface area (Å²) in [5.74, 6) is 0.286. The van der Waals surface area contributed by atoms with Crippen LogP contribution in [0.25, 0.3) is 0 Å². The van der Waals surface area contributed by atoms with Gasteiger partial charge in [0.05, 0.1) is 4.90 Å². The molecule has 1 atom stereocenters. The Labute approximate surface area is 112 Å². The minimum atomic E-state index is -3.64. The van der Waals surface area contributed by atoms with Gasteiger partial charge < -0.3 is 5.73 Å². The van der Waals surface area contributed by atoms with Crippen molar-refractivity contribution in [3.63, 3.8) is 0 Å². The lowest BCUT2D eigenvalue weighted by atomic mass is 10.1. The van der Waals surface area contributed by atoms with Gasteiger partial charge in [-0.15, -0.1) is 0 Å². The molecule has 0 amide bonds. The predicted molar refractivity (Wildman–Crippen MR) is 73.1 cm³/mol. The fraction of sp³-hybridized carbons (Fsp3) is 0.250. The van der Waals surface area contributed by atoms with E-state index in [1.54, 1.807) is 44.4 Å². The summed E-state index contributed by atoms with van der Waals surface area (Å²) in [6, 6.07) is 7.93. The molecule has 1 aromatic carbocycles. The van der Waals surface area contributed by atoms with Gasteiger partial charge in [-0.05, 0) is 24.6 Å². The van der Waals surface area contributed by atoms with E-state index in [1.165, 1.54) is 10.7 Å². The van der Waals surface area contributed by atoms with Crippen molar-refractivity contribution in [2.45, 2.75) is 17.9 Å². The van der Waals surface area contributed by atoms with E-state index in [-0.39, 0.29) is 16.8 Å². The molecule has 1 unspecified atom stereocenters. The first-order valence-corrected chi connectivity index (χ1v) is 7.25. The highest BCUT2D eigenvalue weighted by atomic mass is 32.2. The van der Waals surface area contributed by atoms with Crippen LogP contribution in [0.5, 0.6) is 0 Å². The second-order valence-corrected chi connectivity index (χ2v) is 6.02.